The Balaban J connectivity index is 2.11. The average Bonchev–Trinajstić information content (AvgIpc) is 2.75. The number of hydrogen-bond acceptors (Lipinski definition) is 7. The van der Waals surface area contributed by atoms with E-state index in [-0.39, 0.29) is 6.04 Å². The molecule has 0 aliphatic rings. The van der Waals surface area contributed by atoms with Gasteiger partial charge in [0, 0.05) is 11.5 Å². The molecule has 7 nitrogen and oxygen atoms in total. The van der Waals surface area contributed by atoms with Crippen LogP contribution in [0.3, 0.4) is 0 Å². The summed E-state index contributed by atoms with van der Waals surface area (Å²) < 4.78 is 26.9. The van der Waals surface area contributed by atoms with Crippen molar-refractivity contribution < 1.29 is 28.5 Å². The number of alkyl carbamates (subject to hydrolysis) is 1. The average molecular weight is 468 g/mol. The maximum atomic E-state index is 12.2. The molecule has 0 aromatic heterocycles. The fourth-order valence-corrected chi connectivity index (χ4v) is 3.38. The maximum Gasteiger partial charge on any atom is 0.408 e. The molecule has 8 heteroatoms. The minimum absolute atomic E-state index is 0.128. The number of rotatable bonds is 17. The fraction of sp³-hybridized carbons (Fsp3) is 0.625. The molecule has 0 fully saturated rings. The van der Waals surface area contributed by atoms with Crippen molar-refractivity contribution in [1.29, 1.82) is 0 Å². The Morgan fingerprint density at radius 2 is 1.53 bits per heavy atom. The fourth-order valence-electron chi connectivity index (χ4n) is 2.47. The molecule has 0 saturated carbocycles. The van der Waals surface area contributed by atoms with E-state index >= 15 is 0 Å². The second kappa shape index (κ2) is 17.8. The van der Waals surface area contributed by atoms with E-state index in [2.05, 4.69) is 11.2 Å². The molecule has 1 atom stereocenters. The SMILES string of the molecule is C#CCOCCOCCOCCOCCSC[C@H](NC(=O)OC(C)(C)C)c1ccccc1. The van der Waals surface area contributed by atoms with Crippen LogP contribution in [0, 0.1) is 12.3 Å². The first-order chi connectivity index (χ1) is 15.4. The van der Waals surface area contributed by atoms with Crippen LogP contribution in [0.25, 0.3) is 0 Å². The highest BCUT2D eigenvalue weighted by atomic mass is 32.2. The summed E-state index contributed by atoms with van der Waals surface area (Å²) in [6.45, 7) is 9.56. The molecule has 0 spiro atoms. The van der Waals surface area contributed by atoms with Gasteiger partial charge in [-0.1, -0.05) is 36.3 Å². The van der Waals surface area contributed by atoms with Crippen molar-refractivity contribution >= 4 is 17.9 Å². The van der Waals surface area contributed by atoms with Gasteiger partial charge in [0.25, 0.3) is 0 Å². The summed E-state index contributed by atoms with van der Waals surface area (Å²) in [7, 11) is 0. The Hall–Kier alpha value is -1.76. The Morgan fingerprint density at radius 3 is 2.09 bits per heavy atom. The smallest absolute Gasteiger partial charge is 0.408 e. The van der Waals surface area contributed by atoms with Gasteiger partial charge in [-0.15, -0.1) is 6.42 Å². The molecule has 0 bridgehead atoms. The van der Waals surface area contributed by atoms with Gasteiger partial charge in [-0.25, -0.2) is 4.79 Å². The molecule has 1 aromatic rings. The zero-order chi connectivity index (χ0) is 23.5. The first kappa shape index (κ1) is 28.3. The highest BCUT2D eigenvalue weighted by Gasteiger charge is 2.20. The summed E-state index contributed by atoms with van der Waals surface area (Å²) >= 11 is 1.72. The monoisotopic (exact) mass is 467 g/mol. The number of hydrogen-bond donors (Lipinski definition) is 1. The van der Waals surface area contributed by atoms with Gasteiger partial charge in [0.05, 0.1) is 52.3 Å². The lowest BCUT2D eigenvalue weighted by Gasteiger charge is -2.24. The van der Waals surface area contributed by atoms with Crippen LogP contribution in [0.5, 0.6) is 0 Å². The van der Waals surface area contributed by atoms with Crippen LogP contribution < -0.4 is 5.32 Å². The lowest BCUT2D eigenvalue weighted by atomic mass is 10.1. The van der Waals surface area contributed by atoms with Crippen molar-refractivity contribution in [3.05, 3.63) is 35.9 Å². The quantitative estimate of drug-likeness (QED) is 0.277. The van der Waals surface area contributed by atoms with E-state index in [1.54, 1.807) is 11.8 Å². The summed E-state index contributed by atoms with van der Waals surface area (Å²) in [5, 5.41) is 2.97. The molecule has 180 valence electrons. The molecule has 0 saturated heterocycles. The van der Waals surface area contributed by atoms with E-state index in [0.717, 1.165) is 17.1 Å². The van der Waals surface area contributed by atoms with Gasteiger partial charge in [-0.2, -0.15) is 11.8 Å². The zero-order valence-corrected chi connectivity index (χ0v) is 20.3. The van der Waals surface area contributed by atoms with Gasteiger partial charge in [0.1, 0.15) is 12.2 Å². The number of carbonyl (C=O) groups is 1. The number of thioether (sulfide) groups is 1. The van der Waals surface area contributed by atoms with Crippen LogP contribution in [-0.4, -0.2) is 76.1 Å². The molecule has 1 amide bonds. The summed E-state index contributed by atoms with van der Waals surface area (Å²) in [6, 6.07) is 9.76. The Morgan fingerprint density at radius 1 is 0.969 bits per heavy atom. The number of amides is 1. The molecule has 0 heterocycles. The molecule has 0 aliphatic carbocycles. The Bertz CT molecular complexity index is 644. The second-order valence-electron chi connectivity index (χ2n) is 7.78. The predicted molar refractivity (Wildman–Crippen MR) is 128 cm³/mol. The predicted octanol–water partition coefficient (Wildman–Crippen LogP) is 3.69. The Labute approximate surface area is 196 Å². The van der Waals surface area contributed by atoms with Crippen molar-refractivity contribution in [2.75, 3.05) is 64.4 Å². The van der Waals surface area contributed by atoms with Crippen LogP contribution in [0.2, 0.25) is 0 Å². The van der Waals surface area contributed by atoms with Crippen molar-refractivity contribution in [3.8, 4) is 12.3 Å². The summed E-state index contributed by atoms with van der Waals surface area (Å²) in [5.74, 6) is 3.95. The van der Waals surface area contributed by atoms with Gasteiger partial charge in [0.2, 0.25) is 0 Å². The third kappa shape index (κ3) is 16.0. The third-order valence-electron chi connectivity index (χ3n) is 3.85. The largest absolute Gasteiger partial charge is 0.444 e. The third-order valence-corrected chi connectivity index (χ3v) is 4.88. The van der Waals surface area contributed by atoms with E-state index in [1.807, 2.05) is 51.1 Å². The van der Waals surface area contributed by atoms with E-state index in [1.165, 1.54) is 0 Å². The topological polar surface area (TPSA) is 75.3 Å². The molecule has 1 rings (SSSR count). The lowest BCUT2D eigenvalue weighted by Crippen LogP contribution is -2.36. The molecule has 0 aliphatic heterocycles. The number of terminal acetylenes is 1. The molecular formula is C24H37NO6S. The molecule has 1 N–H and O–H groups in total. The summed E-state index contributed by atoms with van der Waals surface area (Å²) in [6.07, 6.45) is 4.67. The van der Waals surface area contributed by atoms with Crippen molar-refractivity contribution in [2.45, 2.75) is 32.4 Å². The van der Waals surface area contributed by atoms with E-state index < -0.39 is 11.7 Å². The van der Waals surface area contributed by atoms with Crippen LogP contribution in [-0.2, 0) is 23.7 Å². The van der Waals surface area contributed by atoms with E-state index in [0.29, 0.717) is 52.9 Å². The number of ether oxygens (including phenoxy) is 5. The second-order valence-corrected chi connectivity index (χ2v) is 8.93. The number of benzene rings is 1. The summed E-state index contributed by atoms with van der Waals surface area (Å²) in [5.41, 5.74) is 0.516. The molecule has 1 aromatic carbocycles. The maximum absolute atomic E-state index is 12.2. The van der Waals surface area contributed by atoms with Crippen LogP contribution >= 0.6 is 11.8 Å². The van der Waals surface area contributed by atoms with Gasteiger partial charge < -0.3 is 29.0 Å². The minimum atomic E-state index is -0.531. The van der Waals surface area contributed by atoms with Crippen LogP contribution in [0.15, 0.2) is 30.3 Å². The minimum Gasteiger partial charge on any atom is -0.444 e. The Kier molecular flexibility index (Phi) is 15.7. The normalized spacial score (nSPS) is 12.2. The molecule has 32 heavy (non-hydrogen) atoms. The van der Waals surface area contributed by atoms with Crippen LogP contribution in [0.1, 0.15) is 32.4 Å². The number of nitrogens with one attached hydrogen (secondary N) is 1. The summed E-state index contributed by atoms with van der Waals surface area (Å²) in [4.78, 5) is 12.2. The van der Waals surface area contributed by atoms with Crippen molar-refractivity contribution in [2.24, 2.45) is 0 Å². The van der Waals surface area contributed by atoms with Gasteiger partial charge in [-0.3, -0.25) is 0 Å². The number of carbonyl (C=O) groups excluding carboxylic acids is 1. The van der Waals surface area contributed by atoms with Crippen molar-refractivity contribution in [3.63, 3.8) is 0 Å². The lowest BCUT2D eigenvalue weighted by molar-refractivity contribution is 0.00311. The molecule has 0 radical (unpaired) electrons. The molecule has 0 unspecified atom stereocenters. The van der Waals surface area contributed by atoms with Gasteiger partial charge in [-0.05, 0) is 26.3 Å². The first-order valence-electron chi connectivity index (χ1n) is 10.8. The standard InChI is InChI=1S/C24H37NO6S/c1-5-11-27-12-13-28-14-15-29-16-17-30-18-19-32-20-22(21-9-7-6-8-10-21)25-23(26)31-24(2,3)4/h1,6-10,22H,11-20H2,2-4H3,(H,25,26)/t22-/m0/s1. The van der Waals surface area contributed by atoms with E-state index in [4.69, 9.17) is 30.1 Å². The highest BCUT2D eigenvalue weighted by Crippen LogP contribution is 2.19. The molecular weight excluding hydrogens is 430 g/mol. The highest BCUT2D eigenvalue weighted by molar-refractivity contribution is 7.99. The van der Waals surface area contributed by atoms with Crippen molar-refractivity contribution in [1.82, 2.24) is 5.32 Å². The first-order valence-corrected chi connectivity index (χ1v) is 11.9. The van der Waals surface area contributed by atoms with Crippen LogP contribution in [0.4, 0.5) is 4.79 Å². The van der Waals surface area contributed by atoms with E-state index in [9.17, 15) is 4.79 Å². The van der Waals surface area contributed by atoms with Gasteiger partial charge in [0.15, 0.2) is 0 Å². The zero-order valence-electron chi connectivity index (χ0n) is 19.5. The van der Waals surface area contributed by atoms with Gasteiger partial charge >= 0.3 is 6.09 Å².